The monoisotopic (exact) mass is 288 g/mol. The van der Waals surface area contributed by atoms with Gasteiger partial charge >= 0.3 is 0 Å². The SMILES string of the molecule is O=C(CCCNCCc1ccc2c(c1)CCO2)NC1CC1. The highest BCUT2D eigenvalue weighted by Crippen LogP contribution is 2.25. The highest BCUT2D eigenvalue weighted by molar-refractivity contribution is 5.76. The predicted octanol–water partition coefficient (Wildman–Crippen LogP) is 1.81. The van der Waals surface area contributed by atoms with Crippen LogP contribution in [0.15, 0.2) is 18.2 Å². The van der Waals surface area contributed by atoms with E-state index in [2.05, 4.69) is 28.8 Å². The average molecular weight is 288 g/mol. The van der Waals surface area contributed by atoms with Gasteiger partial charge in [0.25, 0.3) is 0 Å². The number of carbonyl (C=O) groups excluding carboxylic acids is 1. The van der Waals surface area contributed by atoms with E-state index < -0.39 is 0 Å². The van der Waals surface area contributed by atoms with Crippen molar-refractivity contribution in [2.45, 2.75) is 44.6 Å². The van der Waals surface area contributed by atoms with Crippen LogP contribution in [0, 0.1) is 0 Å². The van der Waals surface area contributed by atoms with Crippen LogP contribution in [0.2, 0.25) is 0 Å². The molecule has 1 aliphatic heterocycles. The Morgan fingerprint density at radius 1 is 1.29 bits per heavy atom. The van der Waals surface area contributed by atoms with Crippen LogP contribution in [-0.2, 0) is 17.6 Å². The molecule has 0 spiro atoms. The molecule has 0 bridgehead atoms. The lowest BCUT2D eigenvalue weighted by Gasteiger charge is -2.07. The molecule has 0 atom stereocenters. The maximum atomic E-state index is 11.5. The summed E-state index contributed by atoms with van der Waals surface area (Å²) in [4.78, 5) is 11.5. The van der Waals surface area contributed by atoms with Crippen LogP contribution >= 0.6 is 0 Å². The van der Waals surface area contributed by atoms with Gasteiger partial charge in [0.05, 0.1) is 6.61 Å². The second-order valence-electron chi connectivity index (χ2n) is 5.99. The molecule has 1 aromatic rings. The summed E-state index contributed by atoms with van der Waals surface area (Å²) in [5, 5.41) is 6.43. The van der Waals surface area contributed by atoms with Gasteiger partial charge in [-0.3, -0.25) is 4.79 Å². The molecule has 0 unspecified atom stereocenters. The smallest absolute Gasteiger partial charge is 0.220 e. The van der Waals surface area contributed by atoms with Gasteiger partial charge in [0.1, 0.15) is 5.75 Å². The lowest BCUT2D eigenvalue weighted by Crippen LogP contribution is -2.26. The van der Waals surface area contributed by atoms with Gasteiger partial charge in [-0.25, -0.2) is 0 Å². The molecular weight excluding hydrogens is 264 g/mol. The lowest BCUT2D eigenvalue weighted by molar-refractivity contribution is -0.121. The largest absolute Gasteiger partial charge is 0.493 e. The fraction of sp³-hybridized carbons (Fsp3) is 0.588. The minimum absolute atomic E-state index is 0.206. The van der Waals surface area contributed by atoms with E-state index in [1.165, 1.54) is 11.1 Å². The molecule has 0 radical (unpaired) electrons. The van der Waals surface area contributed by atoms with Crippen LogP contribution < -0.4 is 15.4 Å². The van der Waals surface area contributed by atoms with E-state index in [9.17, 15) is 4.79 Å². The maximum Gasteiger partial charge on any atom is 0.220 e. The summed E-state index contributed by atoms with van der Waals surface area (Å²) >= 11 is 0. The number of benzene rings is 1. The Balaban J connectivity index is 1.27. The molecule has 2 aliphatic rings. The molecule has 1 aromatic carbocycles. The third-order valence-electron chi connectivity index (χ3n) is 4.04. The topological polar surface area (TPSA) is 50.4 Å². The Labute approximate surface area is 126 Å². The van der Waals surface area contributed by atoms with Crippen molar-refractivity contribution >= 4 is 5.91 Å². The molecule has 1 saturated carbocycles. The van der Waals surface area contributed by atoms with E-state index in [1.807, 2.05) is 0 Å². The quantitative estimate of drug-likeness (QED) is 0.717. The third kappa shape index (κ3) is 4.46. The third-order valence-corrected chi connectivity index (χ3v) is 4.04. The lowest BCUT2D eigenvalue weighted by atomic mass is 10.1. The van der Waals surface area contributed by atoms with Crippen LogP contribution in [0.5, 0.6) is 5.75 Å². The molecular formula is C17H24N2O2. The molecule has 1 amide bonds. The normalized spacial score (nSPS) is 16.4. The number of fused-ring (bicyclic) bond motifs is 1. The van der Waals surface area contributed by atoms with Crippen LogP contribution in [0.4, 0.5) is 0 Å². The number of carbonyl (C=O) groups is 1. The maximum absolute atomic E-state index is 11.5. The second-order valence-corrected chi connectivity index (χ2v) is 5.99. The number of rotatable bonds is 8. The molecule has 0 aromatic heterocycles. The van der Waals surface area contributed by atoms with Gasteiger partial charge in [-0.1, -0.05) is 12.1 Å². The van der Waals surface area contributed by atoms with Crippen molar-refractivity contribution in [3.05, 3.63) is 29.3 Å². The minimum atomic E-state index is 0.206. The molecule has 3 rings (SSSR count). The molecule has 0 saturated heterocycles. The van der Waals surface area contributed by atoms with Gasteiger partial charge in [0.2, 0.25) is 5.91 Å². The Kier molecular flexibility index (Phi) is 4.76. The number of nitrogens with one attached hydrogen (secondary N) is 2. The van der Waals surface area contributed by atoms with Gasteiger partial charge in [-0.05, 0) is 56.0 Å². The first kappa shape index (κ1) is 14.4. The molecule has 4 heteroatoms. The van der Waals surface area contributed by atoms with Crippen molar-refractivity contribution in [2.75, 3.05) is 19.7 Å². The van der Waals surface area contributed by atoms with E-state index in [0.717, 1.165) is 57.6 Å². The molecule has 1 heterocycles. The molecule has 1 aliphatic carbocycles. The Morgan fingerprint density at radius 2 is 2.19 bits per heavy atom. The van der Waals surface area contributed by atoms with Gasteiger partial charge in [0, 0.05) is 18.9 Å². The molecule has 1 fully saturated rings. The Hall–Kier alpha value is -1.55. The predicted molar refractivity (Wildman–Crippen MR) is 82.6 cm³/mol. The summed E-state index contributed by atoms with van der Waals surface area (Å²) in [7, 11) is 0. The standard InChI is InChI=1S/C17H24N2O2/c20-17(19-15-4-5-15)2-1-9-18-10-7-13-3-6-16-14(12-13)8-11-21-16/h3,6,12,15,18H,1-2,4-5,7-11H2,(H,19,20). The fourth-order valence-electron chi connectivity index (χ4n) is 2.65. The second kappa shape index (κ2) is 6.94. The number of amides is 1. The number of hydrogen-bond acceptors (Lipinski definition) is 3. The van der Waals surface area contributed by atoms with Crippen LogP contribution in [0.25, 0.3) is 0 Å². The van der Waals surface area contributed by atoms with Crippen molar-refractivity contribution in [3.63, 3.8) is 0 Å². The van der Waals surface area contributed by atoms with Crippen molar-refractivity contribution in [3.8, 4) is 5.75 Å². The average Bonchev–Trinajstić information content (AvgIpc) is 3.16. The summed E-state index contributed by atoms with van der Waals surface area (Å²) in [6, 6.07) is 6.97. The Morgan fingerprint density at radius 3 is 3.05 bits per heavy atom. The zero-order valence-electron chi connectivity index (χ0n) is 12.5. The summed E-state index contributed by atoms with van der Waals surface area (Å²) in [5.74, 6) is 1.26. The molecule has 21 heavy (non-hydrogen) atoms. The summed E-state index contributed by atoms with van der Waals surface area (Å²) in [5.41, 5.74) is 2.70. The zero-order chi connectivity index (χ0) is 14.5. The number of ether oxygens (including phenoxy) is 1. The molecule has 114 valence electrons. The van der Waals surface area contributed by atoms with Crippen LogP contribution in [0.3, 0.4) is 0 Å². The zero-order valence-corrected chi connectivity index (χ0v) is 12.5. The van der Waals surface area contributed by atoms with E-state index in [1.54, 1.807) is 0 Å². The summed E-state index contributed by atoms with van der Waals surface area (Å²) < 4.78 is 5.51. The van der Waals surface area contributed by atoms with Gasteiger partial charge in [-0.2, -0.15) is 0 Å². The van der Waals surface area contributed by atoms with Crippen molar-refractivity contribution < 1.29 is 9.53 Å². The summed E-state index contributed by atoms with van der Waals surface area (Å²) in [6.45, 7) is 2.69. The van der Waals surface area contributed by atoms with Gasteiger partial charge < -0.3 is 15.4 Å². The van der Waals surface area contributed by atoms with Crippen LogP contribution in [0.1, 0.15) is 36.8 Å². The van der Waals surface area contributed by atoms with E-state index in [-0.39, 0.29) is 5.91 Å². The van der Waals surface area contributed by atoms with Crippen molar-refractivity contribution in [2.24, 2.45) is 0 Å². The van der Waals surface area contributed by atoms with E-state index >= 15 is 0 Å². The molecule has 2 N–H and O–H groups in total. The first-order valence-corrected chi connectivity index (χ1v) is 8.06. The summed E-state index contributed by atoms with van der Waals surface area (Å²) in [6.07, 6.45) is 5.94. The van der Waals surface area contributed by atoms with Crippen molar-refractivity contribution in [1.82, 2.24) is 10.6 Å². The van der Waals surface area contributed by atoms with Crippen LogP contribution in [-0.4, -0.2) is 31.6 Å². The first-order valence-electron chi connectivity index (χ1n) is 8.06. The highest BCUT2D eigenvalue weighted by Gasteiger charge is 2.22. The fourth-order valence-corrected chi connectivity index (χ4v) is 2.65. The van der Waals surface area contributed by atoms with Gasteiger partial charge in [0.15, 0.2) is 0 Å². The van der Waals surface area contributed by atoms with E-state index in [0.29, 0.717) is 12.5 Å². The molecule has 4 nitrogen and oxygen atoms in total. The van der Waals surface area contributed by atoms with Crippen molar-refractivity contribution in [1.29, 1.82) is 0 Å². The number of hydrogen-bond donors (Lipinski definition) is 2. The first-order chi connectivity index (χ1) is 10.3. The van der Waals surface area contributed by atoms with E-state index in [4.69, 9.17) is 4.74 Å². The highest BCUT2D eigenvalue weighted by atomic mass is 16.5. The Bertz CT molecular complexity index is 498. The minimum Gasteiger partial charge on any atom is -0.493 e. The van der Waals surface area contributed by atoms with Gasteiger partial charge in [-0.15, -0.1) is 0 Å².